The summed E-state index contributed by atoms with van der Waals surface area (Å²) >= 11 is 1.44. The van der Waals surface area contributed by atoms with Crippen molar-refractivity contribution in [3.05, 3.63) is 77.1 Å². The van der Waals surface area contributed by atoms with Gasteiger partial charge in [-0.05, 0) is 53.3 Å². The molecule has 0 saturated heterocycles. The number of benzene rings is 2. The second-order valence-electron chi connectivity index (χ2n) is 5.02. The number of oxime groups is 1. The van der Waals surface area contributed by atoms with E-state index in [0.717, 1.165) is 17.7 Å². The van der Waals surface area contributed by atoms with Gasteiger partial charge in [-0.1, -0.05) is 12.1 Å². The van der Waals surface area contributed by atoms with Gasteiger partial charge >= 0.3 is 5.69 Å². The maximum Gasteiger partial charge on any atom is 0.311 e. The van der Waals surface area contributed by atoms with Gasteiger partial charge in [-0.25, -0.2) is 15.0 Å². The molecule has 140 valence electrons. The Kier molecular flexibility index (Phi) is 6.63. The van der Waals surface area contributed by atoms with Gasteiger partial charge in [0.2, 0.25) is 18.6 Å². The first-order chi connectivity index (χ1) is 13.7. The molecule has 9 nitrogen and oxygen atoms in total. The lowest BCUT2D eigenvalue weighted by atomic mass is 10.3. The molecular weight excluding hydrogens is 382 g/mol. The topological polar surface area (TPSA) is 112 Å². The van der Waals surface area contributed by atoms with Gasteiger partial charge in [0.05, 0.1) is 10.6 Å². The average Bonchev–Trinajstić information content (AvgIpc) is 2.73. The van der Waals surface area contributed by atoms with Crippen molar-refractivity contribution in [1.29, 1.82) is 0 Å². The van der Waals surface area contributed by atoms with Gasteiger partial charge in [-0.15, -0.1) is 0 Å². The molecule has 0 N–H and O–H groups in total. The molecular formula is C18H13N5O4S. The molecule has 0 radical (unpaired) electrons. The molecule has 10 heteroatoms. The maximum absolute atomic E-state index is 10.9. The van der Waals surface area contributed by atoms with E-state index in [2.05, 4.69) is 20.1 Å². The lowest BCUT2D eigenvalue weighted by molar-refractivity contribution is -0.385. The summed E-state index contributed by atoms with van der Waals surface area (Å²) in [6.45, 7) is 0. The molecule has 0 unspecified atom stereocenters. The van der Waals surface area contributed by atoms with Crippen molar-refractivity contribution in [2.45, 2.75) is 10.1 Å². The zero-order valence-corrected chi connectivity index (χ0v) is 15.1. The number of hydrogen-bond acceptors (Lipinski definition) is 9. The minimum Gasteiger partial charge on any atom is -0.435 e. The molecule has 0 atom stereocenters. The van der Waals surface area contributed by atoms with E-state index in [4.69, 9.17) is 9.57 Å². The predicted octanol–water partition coefficient (Wildman–Crippen LogP) is 4.23. The lowest BCUT2D eigenvalue weighted by Crippen LogP contribution is -1.96. The van der Waals surface area contributed by atoms with Gasteiger partial charge in [0.1, 0.15) is 0 Å². The first-order valence-electron chi connectivity index (χ1n) is 7.87. The zero-order valence-electron chi connectivity index (χ0n) is 14.3. The van der Waals surface area contributed by atoms with Crippen LogP contribution in [0.5, 0.6) is 5.75 Å². The molecule has 0 spiro atoms. The number of aliphatic imine (C=N–C) groups is 1. The summed E-state index contributed by atoms with van der Waals surface area (Å²) in [6.07, 6.45) is 5.45. The quantitative estimate of drug-likeness (QED) is 0.184. The number of hydrogen-bond donors (Lipinski definition) is 0. The second-order valence-corrected chi connectivity index (χ2v) is 6.06. The normalized spacial score (nSPS) is 11.0. The fourth-order valence-corrected chi connectivity index (χ4v) is 2.68. The highest BCUT2D eigenvalue weighted by atomic mass is 32.2. The Morgan fingerprint density at radius 1 is 1.00 bits per heavy atom. The molecule has 0 saturated carbocycles. The maximum atomic E-state index is 10.9. The van der Waals surface area contributed by atoms with Crippen LogP contribution in [0, 0.1) is 10.1 Å². The van der Waals surface area contributed by atoms with Gasteiger partial charge in [0.25, 0.3) is 0 Å². The van der Waals surface area contributed by atoms with Crippen LogP contribution in [0.25, 0.3) is 0 Å². The molecule has 0 amide bonds. The van der Waals surface area contributed by atoms with Crippen LogP contribution in [0.4, 0.5) is 11.4 Å². The van der Waals surface area contributed by atoms with E-state index >= 15 is 0 Å². The summed E-state index contributed by atoms with van der Waals surface area (Å²) in [4.78, 5) is 28.5. The van der Waals surface area contributed by atoms with Crippen molar-refractivity contribution in [1.82, 2.24) is 9.97 Å². The third-order valence-corrected chi connectivity index (χ3v) is 4.08. The van der Waals surface area contributed by atoms with E-state index in [9.17, 15) is 10.1 Å². The highest BCUT2D eigenvalue weighted by molar-refractivity contribution is 7.99. The summed E-state index contributed by atoms with van der Waals surface area (Å²) in [7, 11) is 0. The Labute approximate surface area is 163 Å². The standard InChI is InChI=1S/C18H13N5O4S/c24-23(25)16-4-1-2-5-17(16)26-13-22-27-12-21-14-6-8-15(9-7-14)28-18-19-10-3-11-20-18/h1-13H/b21-12+,22-13+. The molecule has 1 aromatic heterocycles. The van der Waals surface area contributed by atoms with Crippen molar-refractivity contribution >= 4 is 35.9 Å². The van der Waals surface area contributed by atoms with Gasteiger partial charge in [0.15, 0.2) is 5.16 Å². The van der Waals surface area contributed by atoms with E-state index in [1.165, 1.54) is 23.9 Å². The molecule has 3 aromatic rings. The van der Waals surface area contributed by atoms with Crippen LogP contribution >= 0.6 is 11.8 Å². The molecule has 0 aliphatic rings. The number of para-hydroxylation sites is 2. The Morgan fingerprint density at radius 3 is 2.50 bits per heavy atom. The summed E-state index contributed by atoms with van der Waals surface area (Å²) in [5.41, 5.74) is 0.495. The fraction of sp³-hybridized carbons (Fsp3) is 0. The number of aromatic nitrogens is 2. The third kappa shape index (κ3) is 5.61. The third-order valence-electron chi connectivity index (χ3n) is 3.18. The first kappa shape index (κ1) is 19.0. The molecule has 1 heterocycles. The summed E-state index contributed by atoms with van der Waals surface area (Å²) in [5.74, 6) is 0.0623. The summed E-state index contributed by atoms with van der Waals surface area (Å²) < 4.78 is 5.09. The van der Waals surface area contributed by atoms with Crippen molar-refractivity contribution in [3.8, 4) is 5.75 Å². The average molecular weight is 395 g/mol. The highest BCUT2D eigenvalue weighted by Gasteiger charge is 2.12. The van der Waals surface area contributed by atoms with Crippen molar-refractivity contribution < 1.29 is 14.5 Å². The molecule has 0 aliphatic heterocycles. The second kappa shape index (κ2) is 9.78. The molecule has 3 rings (SSSR count). The largest absolute Gasteiger partial charge is 0.435 e. The van der Waals surface area contributed by atoms with Crippen LogP contribution in [-0.4, -0.2) is 27.7 Å². The smallest absolute Gasteiger partial charge is 0.311 e. The van der Waals surface area contributed by atoms with Crippen LogP contribution < -0.4 is 4.74 Å². The van der Waals surface area contributed by atoms with E-state index < -0.39 is 4.92 Å². The number of ether oxygens (including phenoxy) is 1. The molecule has 0 bridgehead atoms. The van der Waals surface area contributed by atoms with E-state index in [1.54, 1.807) is 42.7 Å². The minimum absolute atomic E-state index is 0.0623. The van der Waals surface area contributed by atoms with Crippen LogP contribution in [-0.2, 0) is 4.84 Å². The predicted molar refractivity (Wildman–Crippen MR) is 104 cm³/mol. The summed E-state index contributed by atoms with van der Waals surface area (Å²) in [5, 5.41) is 15.0. The van der Waals surface area contributed by atoms with E-state index in [1.807, 2.05) is 12.1 Å². The Hall–Kier alpha value is -3.79. The van der Waals surface area contributed by atoms with Crippen molar-refractivity contribution in [2.75, 3.05) is 0 Å². The number of rotatable bonds is 8. The fourth-order valence-electron chi connectivity index (χ4n) is 1.97. The van der Waals surface area contributed by atoms with Crippen LogP contribution in [0.15, 0.2) is 87.2 Å². The molecule has 0 aliphatic carbocycles. The van der Waals surface area contributed by atoms with Crippen molar-refractivity contribution in [2.24, 2.45) is 10.1 Å². The monoisotopic (exact) mass is 395 g/mol. The van der Waals surface area contributed by atoms with Gasteiger partial charge in [-0.2, -0.15) is 0 Å². The van der Waals surface area contributed by atoms with Crippen molar-refractivity contribution in [3.63, 3.8) is 0 Å². The first-order valence-corrected chi connectivity index (χ1v) is 8.69. The van der Waals surface area contributed by atoms with Gasteiger partial charge in [0, 0.05) is 23.4 Å². The minimum atomic E-state index is -0.544. The summed E-state index contributed by atoms with van der Waals surface area (Å²) in [6, 6.07) is 15.1. The Bertz CT molecular complexity index is 981. The highest BCUT2D eigenvalue weighted by Crippen LogP contribution is 2.26. The van der Waals surface area contributed by atoms with Crippen LogP contribution in [0.1, 0.15) is 0 Å². The van der Waals surface area contributed by atoms with Crippen LogP contribution in [0.2, 0.25) is 0 Å². The Balaban J connectivity index is 1.48. The van der Waals surface area contributed by atoms with E-state index in [0.29, 0.717) is 10.8 Å². The van der Waals surface area contributed by atoms with Crippen LogP contribution in [0.3, 0.4) is 0 Å². The number of nitro benzene ring substituents is 1. The molecule has 2 aromatic carbocycles. The zero-order chi connectivity index (χ0) is 19.6. The lowest BCUT2D eigenvalue weighted by Gasteiger charge is -2.00. The van der Waals surface area contributed by atoms with Gasteiger partial charge < -0.3 is 9.57 Å². The number of nitrogens with zero attached hydrogens (tertiary/aromatic N) is 5. The number of nitro groups is 1. The molecule has 28 heavy (non-hydrogen) atoms. The molecule has 0 fully saturated rings. The van der Waals surface area contributed by atoms with Gasteiger partial charge in [-0.3, -0.25) is 10.1 Å². The SMILES string of the molecule is O=[N+]([O-])c1ccccc1O/C=N/O/C=N/c1ccc(Sc2ncccn2)cc1. The Morgan fingerprint density at radius 2 is 1.75 bits per heavy atom. The van der Waals surface area contributed by atoms with E-state index in [-0.39, 0.29) is 11.4 Å².